The zero-order valence-electron chi connectivity index (χ0n) is 16.7. The molecule has 1 aliphatic rings. The normalized spacial score (nSPS) is 15.8. The molecule has 8 heteroatoms. The van der Waals surface area contributed by atoms with Gasteiger partial charge in [0.25, 0.3) is 0 Å². The lowest BCUT2D eigenvalue weighted by molar-refractivity contribution is -0.132. The number of amides is 1. The van der Waals surface area contributed by atoms with Crippen molar-refractivity contribution >= 4 is 27.3 Å². The highest BCUT2D eigenvalue weighted by molar-refractivity contribution is 7.92. The predicted octanol–water partition coefficient (Wildman–Crippen LogP) is 2.72. The zero-order chi connectivity index (χ0) is 21.0. The molecule has 0 aromatic heterocycles. The minimum Gasteiger partial charge on any atom is -0.368 e. The summed E-state index contributed by atoms with van der Waals surface area (Å²) in [5, 5.41) is 0. The standard InChI is InChI=1S/C21H26FN3O3S/c1-3-20(25(29(2,27)28)19-7-5-4-6-8-19)21(26)24-15-13-23(14-16-24)18-11-9-17(22)10-12-18/h4-12,20H,3,13-16H2,1-2H3/t20-/m0/s1. The minimum absolute atomic E-state index is 0.194. The number of anilines is 2. The average molecular weight is 420 g/mol. The number of rotatable bonds is 6. The Morgan fingerprint density at radius 3 is 2.14 bits per heavy atom. The van der Waals surface area contributed by atoms with E-state index in [0.29, 0.717) is 38.3 Å². The van der Waals surface area contributed by atoms with Gasteiger partial charge in [-0.05, 0) is 42.8 Å². The number of hydrogen-bond donors (Lipinski definition) is 0. The maximum Gasteiger partial charge on any atom is 0.246 e. The summed E-state index contributed by atoms with van der Waals surface area (Å²) in [5.41, 5.74) is 1.40. The summed E-state index contributed by atoms with van der Waals surface area (Å²) in [6.45, 7) is 4.01. The molecule has 0 spiro atoms. The summed E-state index contributed by atoms with van der Waals surface area (Å²) < 4.78 is 39.4. The van der Waals surface area contributed by atoms with Crippen LogP contribution in [0.3, 0.4) is 0 Å². The fourth-order valence-electron chi connectivity index (χ4n) is 3.67. The largest absolute Gasteiger partial charge is 0.368 e. The second kappa shape index (κ2) is 8.82. The van der Waals surface area contributed by atoms with E-state index >= 15 is 0 Å². The zero-order valence-corrected chi connectivity index (χ0v) is 17.5. The van der Waals surface area contributed by atoms with E-state index in [1.807, 2.05) is 6.92 Å². The van der Waals surface area contributed by atoms with Gasteiger partial charge in [0, 0.05) is 31.9 Å². The van der Waals surface area contributed by atoms with Crippen molar-refractivity contribution in [3.8, 4) is 0 Å². The Bertz CT molecular complexity index is 927. The number of carbonyl (C=O) groups excluding carboxylic acids is 1. The molecule has 0 bridgehead atoms. The third-order valence-electron chi connectivity index (χ3n) is 5.11. The summed E-state index contributed by atoms with van der Waals surface area (Å²) >= 11 is 0. The summed E-state index contributed by atoms with van der Waals surface area (Å²) in [7, 11) is -3.63. The predicted molar refractivity (Wildman–Crippen MR) is 113 cm³/mol. The molecule has 1 amide bonds. The molecule has 1 heterocycles. The lowest BCUT2D eigenvalue weighted by Gasteiger charge is -2.39. The van der Waals surface area contributed by atoms with Crippen molar-refractivity contribution < 1.29 is 17.6 Å². The molecule has 3 rings (SSSR count). The molecule has 156 valence electrons. The number of benzene rings is 2. The SMILES string of the molecule is CC[C@@H](C(=O)N1CCN(c2ccc(F)cc2)CC1)N(c1ccccc1)S(C)(=O)=O. The van der Waals surface area contributed by atoms with Gasteiger partial charge in [0.15, 0.2) is 0 Å². The fraction of sp³-hybridized carbons (Fsp3) is 0.381. The van der Waals surface area contributed by atoms with Crippen molar-refractivity contribution in [2.45, 2.75) is 19.4 Å². The van der Waals surface area contributed by atoms with Crippen LogP contribution < -0.4 is 9.21 Å². The summed E-state index contributed by atoms with van der Waals surface area (Å²) in [6, 6.07) is 14.2. The van der Waals surface area contributed by atoms with Gasteiger partial charge >= 0.3 is 0 Å². The second-order valence-electron chi connectivity index (χ2n) is 7.11. The van der Waals surface area contributed by atoms with Crippen LogP contribution in [-0.2, 0) is 14.8 Å². The van der Waals surface area contributed by atoms with E-state index in [1.54, 1.807) is 47.4 Å². The Labute approximate surface area is 171 Å². The number of sulfonamides is 1. The van der Waals surface area contributed by atoms with Crippen molar-refractivity contribution in [2.24, 2.45) is 0 Å². The number of piperazine rings is 1. The Kier molecular flexibility index (Phi) is 6.42. The molecule has 29 heavy (non-hydrogen) atoms. The van der Waals surface area contributed by atoms with Gasteiger partial charge in [-0.1, -0.05) is 25.1 Å². The minimum atomic E-state index is -3.63. The van der Waals surface area contributed by atoms with Crippen molar-refractivity contribution in [3.05, 3.63) is 60.4 Å². The molecule has 1 aliphatic heterocycles. The topological polar surface area (TPSA) is 60.9 Å². The first-order valence-electron chi connectivity index (χ1n) is 9.65. The lowest BCUT2D eigenvalue weighted by Crippen LogP contribution is -2.56. The van der Waals surface area contributed by atoms with Crippen LogP contribution >= 0.6 is 0 Å². The van der Waals surface area contributed by atoms with Crippen LogP contribution in [0.5, 0.6) is 0 Å². The van der Waals surface area contributed by atoms with E-state index in [4.69, 9.17) is 0 Å². The highest BCUT2D eigenvalue weighted by Crippen LogP contribution is 2.24. The smallest absolute Gasteiger partial charge is 0.246 e. The lowest BCUT2D eigenvalue weighted by atomic mass is 10.1. The molecular weight excluding hydrogens is 393 g/mol. The number of halogens is 1. The van der Waals surface area contributed by atoms with Gasteiger partial charge in [-0.3, -0.25) is 9.10 Å². The van der Waals surface area contributed by atoms with Crippen molar-refractivity contribution in [3.63, 3.8) is 0 Å². The molecule has 0 N–H and O–H groups in total. The monoisotopic (exact) mass is 419 g/mol. The number of nitrogens with zero attached hydrogens (tertiary/aromatic N) is 3. The summed E-state index contributed by atoms with van der Waals surface area (Å²) in [5.74, 6) is -0.476. The highest BCUT2D eigenvalue weighted by atomic mass is 32.2. The van der Waals surface area contributed by atoms with Gasteiger partial charge in [0.05, 0.1) is 11.9 Å². The molecule has 0 radical (unpaired) electrons. The second-order valence-corrected chi connectivity index (χ2v) is 8.97. The van der Waals surface area contributed by atoms with Crippen LogP contribution in [-0.4, -0.2) is 57.7 Å². The van der Waals surface area contributed by atoms with E-state index in [1.165, 1.54) is 16.4 Å². The fourth-order valence-corrected chi connectivity index (χ4v) is 4.87. The van der Waals surface area contributed by atoms with Gasteiger partial charge in [-0.2, -0.15) is 0 Å². The maximum absolute atomic E-state index is 13.2. The van der Waals surface area contributed by atoms with E-state index in [2.05, 4.69) is 4.90 Å². The highest BCUT2D eigenvalue weighted by Gasteiger charge is 2.35. The Morgan fingerprint density at radius 2 is 1.62 bits per heavy atom. The van der Waals surface area contributed by atoms with Crippen LogP contribution in [0, 0.1) is 5.82 Å². The van der Waals surface area contributed by atoms with Crippen LogP contribution in [0.15, 0.2) is 54.6 Å². The number of para-hydroxylation sites is 1. The third-order valence-corrected chi connectivity index (χ3v) is 6.29. The van der Waals surface area contributed by atoms with E-state index < -0.39 is 16.1 Å². The molecule has 0 saturated carbocycles. The van der Waals surface area contributed by atoms with E-state index in [9.17, 15) is 17.6 Å². The van der Waals surface area contributed by atoms with E-state index in [-0.39, 0.29) is 11.7 Å². The molecule has 1 atom stereocenters. The van der Waals surface area contributed by atoms with Crippen LogP contribution in [0.25, 0.3) is 0 Å². The van der Waals surface area contributed by atoms with Gasteiger partial charge in [0.1, 0.15) is 11.9 Å². The molecule has 1 fully saturated rings. The quantitative estimate of drug-likeness (QED) is 0.722. The van der Waals surface area contributed by atoms with Crippen LogP contribution in [0.2, 0.25) is 0 Å². The number of hydrogen-bond acceptors (Lipinski definition) is 4. The summed E-state index contributed by atoms with van der Waals surface area (Å²) in [6.07, 6.45) is 1.50. The van der Waals surface area contributed by atoms with Crippen molar-refractivity contribution in [1.29, 1.82) is 0 Å². The first-order chi connectivity index (χ1) is 13.8. The molecule has 0 aliphatic carbocycles. The first-order valence-corrected chi connectivity index (χ1v) is 11.5. The Morgan fingerprint density at radius 1 is 1.03 bits per heavy atom. The third kappa shape index (κ3) is 4.87. The molecular formula is C21H26FN3O3S. The van der Waals surface area contributed by atoms with Crippen molar-refractivity contribution in [2.75, 3.05) is 41.6 Å². The molecule has 2 aromatic rings. The molecule has 2 aromatic carbocycles. The molecule has 1 saturated heterocycles. The maximum atomic E-state index is 13.2. The first kappa shape index (κ1) is 21.1. The Hall–Kier alpha value is -2.61. The van der Waals surface area contributed by atoms with Gasteiger partial charge in [-0.15, -0.1) is 0 Å². The summed E-state index contributed by atoms with van der Waals surface area (Å²) in [4.78, 5) is 17.0. The number of carbonyl (C=O) groups is 1. The van der Waals surface area contributed by atoms with Gasteiger partial charge in [0.2, 0.25) is 15.9 Å². The van der Waals surface area contributed by atoms with E-state index in [0.717, 1.165) is 11.9 Å². The van der Waals surface area contributed by atoms with Crippen LogP contribution in [0.4, 0.5) is 15.8 Å². The molecule has 0 unspecified atom stereocenters. The average Bonchev–Trinajstić information content (AvgIpc) is 2.72. The van der Waals surface area contributed by atoms with Gasteiger partial charge < -0.3 is 9.80 Å². The Balaban J connectivity index is 1.75. The van der Waals surface area contributed by atoms with Crippen LogP contribution in [0.1, 0.15) is 13.3 Å². The van der Waals surface area contributed by atoms with Gasteiger partial charge in [-0.25, -0.2) is 12.8 Å². The van der Waals surface area contributed by atoms with Crippen molar-refractivity contribution in [1.82, 2.24) is 4.90 Å². The molecule has 6 nitrogen and oxygen atoms in total.